The molecule has 0 aromatic heterocycles. The molecule has 2 aromatic carbocycles. The van der Waals surface area contributed by atoms with Crippen molar-refractivity contribution in [3.63, 3.8) is 0 Å². The summed E-state index contributed by atoms with van der Waals surface area (Å²) in [6.45, 7) is 2.82. The Bertz CT molecular complexity index is 772. The molecule has 0 radical (unpaired) electrons. The number of benzene rings is 2. The van der Waals surface area contributed by atoms with Gasteiger partial charge in [-0.15, -0.1) is 0 Å². The second-order valence-corrected chi connectivity index (χ2v) is 8.07. The number of rotatable bonds is 5. The van der Waals surface area contributed by atoms with Gasteiger partial charge in [0.15, 0.2) is 0 Å². The van der Waals surface area contributed by atoms with Crippen molar-refractivity contribution < 1.29 is 14.2 Å². The van der Waals surface area contributed by atoms with Gasteiger partial charge in [-0.3, -0.25) is 0 Å². The smallest absolute Gasteiger partial charge is 0.206 e. The summed E-state index contributed by atoms with van der Waals surface area (Å²) >= 11 is 19.3. The van der Waals surface area contributed by atoms with Crippen molar-refractivity contribution in [2.75, 3.05) is 18.5 Å². The molecule has 1 aliphatic heterocycles. The minimum atomic E-state index is -0.944. The number of alkyl halides is 1. The molecule has 0 N–H and O–H groups in total. The second-order valence-electron chi connectivity index (χ2n) is 5.81. The standard InChI is InChI=1S/C18H16Br2Cl2O3/c1-11-2-5-17(15(20)6-11)23-8-13-9-24-18(10-19,25-13)14-4-3-12(21)7-16(14)22/h2-7,13H,8-10H2,1H3. The third-order valence-electron chi connectivity index (χ3n) is 3.89. The van der Waals surface area contributed by atoms with Crippen molar-refractivity contribution in [2.45, 2.75) is 18.8 Å². The predicted octanol–water partition coefficient (Wildman–Crippen LogP) is 6.11. The van der Waals surface area contributed by atoms with Crippen LogP contribution in [0.4, 0.5) is 0 Å². The number of hydrogen-bond acceptors (Lipinski definition) is 3. The fraction of sp³-hybridized carbons (Fsp3) is 0.333. The van der Waals surface area contributed by atoms with Crippen LogP contribution in [-0.2, 0) is 15.3 Å². The molecule has 1 saturated heterocycles. The lowest BCUT2D eigenvalue weighted by Crippen LogP contribution is -2.31. The van der Waals surface area contributed by atoms with Crippen LogP contribution in [0.2, 0.25) is 10.0 Å². The molecule has 25 heavy (non-hydrogen) atoms. The summed E-state index contributed by atoms with van der Waals surface area (Å²) in [6.07, 6.45) is -0.211. The summed E-state index contributed by atoms with van der Waals surface area (Å²) in [5.74, 6) is -0.171. The van der Waals surface area contributed by atoms with Gasteiger partial charge in [0, 0.05) is 10.6 Å². The van der Waals surface area contributed by atoms with E-state index in [1.807, 2.05) is 31.2 Å². The average Bonchev–Trinajstić information content (AvgIpc) is 2.98. The zero-order valence-corrected chi connectivity index (χ0v) is 18.1. The molecule has 1 heterocycles. The Morgan fingerprint density at radius 2 is 2.04 bits per heavy atom. The van der Waals surface area contributed by atoms with Crippen molar-refractivity contribution in [1.82, 2.24) is 0 Å². The van der Waals surface area contributed by atoms with Gasteiger partial charge in [-0.2, -0.15) is 0 Å². The van der Waals surface area contributed by atoms with Crippen LogP contribution in [-0.4, -0.2) is 24.6 Å². The highest BCUT2D eigenvalue weighted by molar-refractivity contribution is 9.10. The third kappa shape index (κ3) is 4.34. The summed E-state index contributed by atoms with van der Waals surface area (Å²) < 4.78 is 18.9. The molecule has 0 bridgehead atoms. The van der Waals surface area contributed by atoms with Gasteiger partial charge >= 0.3 is 0 Å². The molecule has 3 nitrogen and oxygen atoms in total. The van der Waals surface area contributed by atoms with E-state index in [0.29, 0.717) is 28.6 Å². The minimum Gasteiger partial charge on any atom is -0.490 e. The summed E-state index contributed by atoms with van der Waals surface area (Å²) in [5, 5.41) is 1.53. The van der Waals surface area contributed by atoms with Crippen LogP contribution in [0.3, 0.4) is 0 Å². The largest absolute Gasteiger partial charge is 0.490 e. The van der Waals surface area contributed by atoms with E-state index in [2.05, 4.69) is 31.9 Å². The zero-order valence-electron chi connectivity index (χ0n) is 13.4. The highest BCUT2D eigenvalue weighted by Crippen LogP contribution is 2.40. The van der Waals surface area contributed by atoms with E-state index in [1.165, 1.54) is 0 Å². The first-order valence-electron chi connectivity index (χ1n) is 7.66. The minimum absolute atomic E-state index is 0.211. The second kappa shape index (κ2) is 8.15. The predicted molar refractivity (Wildman–Crippen MR) is 107 cm³/mol. The van der Waals surface area contributed by atoms with Crippen molar-refractivity contribution in [2.24, 2.45) is 0 Å². The zero-order chi connectivity index (χ0) is 18.0. The van der Waals surface area contributed by atoms with E-state index in [0.717, 1.165) is 21.3 Å². The van der Waals surface area contributed by atoms with E-state index in [-0.39, 0.29) is 6.10 Å². The van der Waals surface area contributed by atoms with E-state index < -0.39 is 5.79 Å². The Labute approximate surface area is 173 Å². The monoisotopic (exact) mass is 508 g/mol. The van der Waals surface area contributed by atoms with Gasteiger partial charge in [0.05, 0.1) is 21.4 Å². The highest BCUT2D eigenvalue weighted by Gasteiger charge is 2.44. The van der Waals surface area contributed by atoms with Gasteiger partial charge in [-0.25, -0.2) is 0 Å². The first-order valence-corrected chi connectivity index (χ1v) is 10.3. The lowest BCUT2D eigenvalue weighted by Gasteiger charge is -2.27. The molecule has 0 saturated carbocycles. The van der Waals surface area contributed by atoms with Crippen LogP contribution in [0, 0.1) is 6.92 Å². The molecule has 2 aromatic rings. The summed E-state index contributed by atoms with van der Waals surface area (Å²) in [5.41, 5.74) is 1.91. The molecular weight excluding hydrogens is 495 g/mol. The molecule has 2 atom stereocenters. The van der Waals surface area contributed by atoms with E-state index in [1.54, 1.807) is 12.1 Å². The van der Waals surface area contributed by atoms with Crippen LogP contribution in [0.1, 0.15) is 11.1 Å². The number of aryl methyl sites for hydroxylation is 1. The molecule has 0 aliphatic carbocycles. The van der Waals surface area contributed by atoms with E-state index in [4.69, 9.17) is 37.4 Å². The van der Waals surface area contributed by atoms with Crippen LogP contribution in [0.15, 0.2) is 40.9 Å². The van der Waals surface area contributed by atoms with Gasteiger partial charge < -0.3 is 14.2 Å². The Morgan fingerprint density at radius 1 is 1.24 bits per heavy atom. The van der Waals surface area contributed by atoms with Crippen molar-refractivity contribution in [3.8, 4) is 5.75 Å². The number of ether oxygens (including phenoxy) is 3. The Balaban J connectivity index is 1.70. The highest BCUT2D eigenvalue weighted by atomic mass is 79.9. The third-order valence-corrected chi connectivity index (χ3v) is 5.79. The molecular formula is C18H16Br2Cl2O3. The van der Waals surface area contributed by atoms with Crippen molar-refractivity contribution in [3.05, 3.63) is 62.0 Å². The van der Waals surface area contributed by atoms with Crippen molar-refractivity contribution >= 4 is 55.1 Å². The molecule has 0 amide bonds. The Hall–Kier alpha value is -0.300. The molecule has 134 valence electrons. The molecule has 3 rings (SSSR count). The van der Waals surface area contributed by atoms with Gasteiger partial charge in [0.1, 0.15) is 18.5 Å². The topological polar surface area (TPSA) is 27.7 Å². The van der Waals surface area contributed by atoms with Gasteiger partial charge in [-0.05, 0) is 52.7 Å². The molecule has 2 unspecified atom stereocenters. The lowest BCUT2D eigenvalue weighted by atomic mass is 10.1. The molecule has 0 spiro atoms. The van der Waals surface area contributed by atoms with Crippen LogP contribution >= 0.6 is 55.1 Å². The molecule has 7 heteroatoms. The maximum atomic E-state index is 6.33. The summed E-state index contributed by atoms with van der Waals surface area (Å²) in [7, 11) is 0. The van der Waals surface area contributed by atoms with Gasteiger partial charge in [0.2, 0.25) is 5.79 Å². The van der Waals surface area contributed by atoms with E-state index >= 15 is 0 Å². The van der Waals surface area contributed by atoms with Crippen LogP contribution in [0.25, 0.3) is 0 Å². The Morgan fingerprint density at radius 3 is 2.72 bits per heavy atom. The fourth-order valence-electron chi connectivity index (χ4n) is 2.63. The van der Waals surface area contributed by atoms with Crippen molar-refractivity contribution in [1.29, 1.82) is 0 Å². The summed E-state index contributed by atoms with van der Waals surface area (Å²) in [4.78, 5) is 0. The average molecular weight is 511 g/mol. The first kappa shape index (κ1) is 19.5. The van der Waals surface area contributed by atoms with Gasteiger partial charge in [-0.1, -0.05) is 51.3 Å². The normalized spacial score (nSPS) is 23.0. The Kier molecular flexibility index (Phi) is 6.35. The number of hydrogen-bond donors (Lipinski definition) is 0. The maximum Gasteiger partial charge on any atom is 0.206 e. The lowest BCUT2D eigenvalue weighted by molar-refractivity contribution is -0.159. The first-order chi connectivity index (χ1) is 11.9. The molecule has 1 fully saturated rings. The van der Waals surface area contributed by atoms with Crippen LogP contribution < -0.4 is 4.74 Å². The number of halogens is 4. The van der Waals surface area contributed by atoms with Crippen LogP contribution in [0.5, 0.6) is 5.75 Å². The fourth-order valence-corrected chi connectivity index (χ4v) is 4.39. The van der Waals surface area contributed by atoms with E-state index in [9.17, 15) is 0 Å². The quantitative estimate of drug-likeness (QED) is 0.454. The maximum absolute atomic E-state index is 6.33. The summed E-state index contributed by atoms with van der Waals surface area (Å²) in [6, 6.07) is 11.2. The van der Waals surface area contributed by atoms with Gasteiger partial charge in [0.25, 0.3) is 0 Å². The SMILES string of the molecule is Cc1ccc(OCC2COC(CBr)(c3ccc(Cl)cc3Cl)O2)c(Br)c1. The molecule has 1 aliphatic rings.